The molecule has 0 saturated heterocycles. The van der Waals surface area contributed by atoms with Crippen LogP contribution in [0.15, 0.2) is 56.3 Å². The number of rotatable bonds is 6. The monoisotopic (exact) mass is 458 g/mol. The first-order valence-corrected chi connectivity index (χ1v) is 12.0. The number of aliphatic carboxylic acids is 1. The Hall–Kier alpha value is -2.62. The van der Waals surface area contributed by atoms with Gasteiger partial charge in [-0.1, -0.05) is 24.3 Å². The molecular weight excluding hydrogens is 440 g/mol. The van der Waals surface area contributed by atoms with Crippen molar-refractivity contribution in [2.45, 2.75) is 24.9 Å². The van der Waals surface area contributed by atoms with Gasteiger partial charge in [-0.25, -0.2) is 9.36 Å². The number of carboxylic acid groups (broad SMARTS) is 1. The molecule has 0 unspecified atom stereocenters. The second kappa shape index (κ2) is 8.25. The average molecular weight is 459 g/mol. The van der Waals surface area contributed by atoms with Crippen LogP contribution in [-0.4, -0.2) is 26.5 Å². The lowest BCUT2D eigenvalue weighted by molar-refractivity contribution is -0.137. The summed E-state index contributed by atoms with van der Waals surface area (Å²) in [6, 6.07) is 11.7. The summed E-state index contributed by atoms with van der Waals surface area (Å²) < 4.78 is 2.35. The Morgan fingerprint density at radius 3 is 2.57 bits per heavy atom. The Balaban J connectivity index is 2.04. The number of aryl methyl sites for hydroxylation is 1. The summed E-state index contributed by atoms with van der Waals surface area (Å²) in [6.07, 6.45) is 1.97. The number of carboxylic acids is 1. The average Bonchev–Trinajstić information content (AvgIpc) is 3.36. The van der Waals surface area contributed by atoms with Gasteiger partial charge < -0.3 is 5.11 Å². The van der Waals surface area contributed by atoms with Crippen molar-refractivity contribution in [1.29, 1.82) is 0 Å². The number of carbonyl (C=O) groups is 1. The lowest BCUT2D eigenvalue weighted by Crippen LogP contribution is -2.41. The van der Waals surface area contributed by atoms with Gasteiger partial charge in [0.1, 0.15) is 11.4 Å². The molecule has 3 heterocycles. The lowest BCUT2D eigenvalue weighted by atomic mass is 10.2. The zero-order chi connectivity index (χ0) is 21.4. The van der Waals surface area contributed by atoms with Crippen molar-refractivity contribution in [2.24, 2.45) is 0 Å². The van der Waals surface area contributed by atoms with Crippen LogP contribution >= 0.6 is 34.4 Å². The van der Waals surface area contributed by atoms with Crippen molar-refractivity contribution >= 4 is 50.6 Å². The highest BCUT2D eigenvalue weighted by Gasteiger charge is 2.22. The fourth-order valence-electron chi connectivity index (χ4n) is 3.46. The normalized spacial score (nSPS) is 11.3. The van der Waals surface area contributed by atoms with E-state index < -0.39 is 23.8 Å². The molecule has 6 nitrogen and oxygen atoms in total. The molecule has 0 bridgehead atoms. The number of hydrogen-bond donors (Lipinski definition) is 1. The number of thioether (sulfide) groups is 1. The van der Waals surface area contributed by atoms with Gasteiger partial charge in [-0.15, -0.1) is 34.4 Å². The largest absolute Gasteiger partial charge is 0.480 e. The van der Waals surface area contributed by atoms with Crippen LogP contribution in [0.1, 0.15) is 11.1 Å². The van der Waals surface area contributed by atoms with Crippen molar-refractivity contribution in [2.75, 3.05) is 6.26 Å². The van der Waals surface area contributed by atoms with E-state index in [9.17, 15) is 19.5 Å². The van der Waals surface area contributed by atoms with Crippen LogP contribution in [0.5, 0.6) is 0 Å². The van der Waals surface area contributed by atoms with Crippen LogP contribution in [0.3, 0.4) is 0 Å². The Kier molecular flexibility index (Phi) is 5.68. The van der Waals surface area contributed by atoms with Gasteiger partial charge in [0.05, 0.1) is 16.8 Å². The molecule has 0 spiro atoms. The summed E-state index contributed by atoms with van der Waals surface area (Å²) in [5, 5.41) is 11.6. The van der Waals surface area contributed by atoms with Crippen molar-refractivity contribution in [3.05, 3.63) is 73.7 Å². The van der Waals surface area contributed by atoms with E-state index in [2.05, 4.69) is 0 Å². The maximum Gasteiger partial charge on any atom is 0.332 e. The second-order valence-corrected chi connectivity index (χ2v) is 9.47. The highest BCUT2D eigenvalue weighted by atomic mass is 32.2. The number of hydrogen-bond acceptors (Lipinski definition) is 6. The van der Waals surface area contributed by atoms with Crippen LogP contribution in [-0.2, 0) is 17.9 Å². The summed E-state index contributed by atoms with van der Waals surface area (Å²) in [5.74, 6) is -1.23. The van der Waals surface area contributed by atoms with Gasteiger partial charge >= 0.3 is 11.7 Å². The zero-order valence-corrected chi connectivity index (χ0v) is 18.7. The molecule has 0 aliphatic heterocycles. The predicted octanol–water partition coefficient (Wildman–Crippen LogP) is 4.12. The number of thiophene rings is 2. The number of fused-ring (bicyclic) bond motifs is 1. The van der Waals surface area contributed by atoms with Crippen LogP contribution in [0.25, 0.3) is 20.0 Å². The summed E-state index contributed by atoms with van der Waals surface area (Å²) in [4.78, 5) is 41.2. The third-order valence-electron chi connectivity index (χ3n) is 4.85. The molecule has 30 heavy (non-hydrogen) atoms. The third kappa shape index (κ3) is 3.53. The van der Waals surface area contributed by atoms with Gasteiger partial charge in [-0.2, -0.15) is 0 Å². The van der Waals surface area contributed by atoms with E-state index in [1.54, 1.807) is 23.1 Å². The summed E-state index contributed by atoms with van der Waals surface area (Å²) in [5.41, 5.74) is 0.555. The van der Waals surface area contributed by atoms with Crippen LogP contribution in [0, 0.1) is 6.92 Å². The highest BCUT2D eigenvalue weighted by molar-refractivity contribution is 7.98. The smallest absolute Gasteiger partial charge is 0.332 e. The molecule has 0 aliphatic carbocycles. The van der Waals surface area contributed by atoms with Crippen molar-refractivity contribution in [3.63, 3.8) is 0 Å². The standard InChI is InChI=1S/C21H18N2O4S3/c1-12-17-19(26)22(11-16(24)25)21(27)23(10-13-6-3-4-7-14(13)28-2)20(17)30-18(12)15-8-5-9-29-15/h3-9H,10-11H2,1-2H3,(H,24,25). The maximum absolute atomic E-state index is 13.2. The SMILES string of the molecule is CSc1ccccc1Cn1c(=O)n(CC(=O)O)c(=O)c2c(C)c(-c3cccs3)sc21. The van der Waals surface area contributed by atoms with Gasteiger partial charge in [-0.05, 0) is 41.8 Å². The van der Waals surface area contributed by atoms with Crippen molar-refractivity contribution in [1.82, 2.24) is 9.13 Å². The van der Waals surface area contributed by atoms with Crippen molar-refractivity contribution < 1.29 is 9.90 Å². The molecule has 3 aromatic heterocycles. The van der Waals surface area contributed by atoms with Gasteiger partial charge in [0.25, 0.3) is 5.56 Å². The summed E-state index contributed by atoms with van der Waals surface area (Å²) in [7, 11) is 0. The van der Waals surface area contributed by atoms with E-state index in [0.717, 1.165) is 30.3 Å². The molecule has 154 valence electrons. The number of benzene rings is 1. The Morgan fingerprint density at radius 1 is 1.13 bits per heavy atom. The quantitative estimate of drug-likeness (QED) is 0.440. The number of nitrogens with zero attached hydrogens (tertiary/aromatic N) is 2. The third-order valence-corrected chi connectivity index (χ3v) is 8.06. The molecule has 0 fully saturated rings. The Morgan fingerprint density at radius 2 is 1.90 bits per heavy atom. The number of aromatic nitrogens is 2. The molecule has 1 N–H and O–H groups in total. The lowest BCUT2D eigenvalue weighted by Gasteiger charge is -2.13. The van der Waals surface area contributed by atoms with Gasteiger partial charge in [0.2, 0.25) is 0 Å². The van der Waals surface area contributed by atoms with Crippen molar-refractivity contribution in [3.8, 4) is 9.75 Å². The highest BCUT2D eigenvalue weighted by Crippen LogP contribution is 2.38. The molecule has 4 aromatic rings. The molecule has 9 heteroatoms. The minimum Gasteiger partial charge on any atom is -0.480 e. The minimum absolute atomic E-state index is 0.260. The first-order valence-electron chi connectivity index (χ1n) is 9.06. The van der Waals surface area contributed by atoms with E-state index in [0.29, 0.717) is 10.2 Å². The van der Waals surface area contributed by atoms with E-state index in [4.69, 9.17) is 0 Å². The fourth-order valence-corrected chi connectivity index (χ4v) is 6.27. The van der Waals surface area contributed by atoms with Gasteiger partial charge in [0, 0.05) is 9.77 Å². The maximum atomic E-state index is 13.2. The van der Waals surface area contributed by atoms with Gasteiger partial charge in [-0.3, -0.25) is 14.2 Å². The van der Waals surface area contributed by atoms with Gasteiger partial charge in [0.15, 0.2) is 0 Å². The molecule has 0 saturated carbocycles. The fraction of sp³-hybridized carbons (Fsp3) is 0.190. The minimum atomic E-state index is -1.23. The van der Waals surface area contributed by atoms with Crippen LogP contribution in [0.4, 0.5) is 0 Å². The Labute approximate surface area is 184 Å². The van der Waals surface area contributed by atoms with E-state index in [1.165, 1.54) is 15.9 Å². The molecule has 1 aromatic carbocycles. The summed E-state index contributed by atoms with van der Waals surface area (Å²) >= 11 is 4.54. The predicted molar refractivity (Wildman–Crippen MR) is 123 cm³/mol. The van der Waals surface area contributed by atoms with E-state index in [-0.39, 0.29) is 6.54 Å². The van der Waals surface area contributed by atoms with Crippen LogP contribution < -0.4 is 11.2 Å². The molecular formula is C21H18N2O4S3. The zero-order valence-electron chi connectivity index (χ0n) is 16.2. The second-order valence-electron chi connectivity index (χ2n) is 6.68. The summed E-state index contributed by atoms with van der Waals surface area (Å²) in [6.45, 7) is 1.45. The molecule has 0 aliphatic rings. The van der Waals surface area contributed by atoms with E-state index in [1.807, 2.05) is 55.0 Å². The topological polar surface area (TPSA) is 81.3 Å². The van der Waals surface area contributed by atoms with E-state index >= 15 is 0 Å². The molecule has 0 amide bonds. The molecule has 0 radical (unpaired) electrons. The molecule has 4 rings (SSSR count). The Bertz CT molecular complexity index is 1360. The molecule has 0 atom stereocenters. The van der Waals surface area contributed by atoms with Crippen LogP contribution in [0.2, 0.25) is 0 Å². The first-order chi connectivity index (χ1) is 14.4. The first kappa shape index (κ1) is 20.6.